The van der Waals surface area contributed by atoms with Gasteiger partial charge in [0.25, 0.3) is 0 Å². The molecular weight excluding hydrogens is 328 g/mol. The summed E-state index contributed by atoms with van der Waals surface area (Å²) in [5.41, 5.74) is 1.86. The Kier molecular flexibility index (Phi) is 5.46. The highest BCUT2D eigenvalue weighted by Gasteiger charge is 2.16. The molecule has 24 heavy (non-hydrogen) atoms. The third-order valence-electron chi connectivity index (χ3n) is 3.55. The molecule has 0 spiro atoms. The fraction of sp³-hybridized carbons (Fsp3) is 0.235. The van der Waals surface area contributed by atoms with Crippen LogP contribution < -0.4 is 9.62 Å². The van der Waals surface area contributed by atoms with Crippen LogP contribution in [0.2, 0.25) is 0 Å². The number of anilines is 2. The summed E-state index contributed by atoms with van der Waals surface area (Å²) < 4.78 is 25.7. The highest BCUT2D eigenvalue weighted by molar-refractivity contribution is 7.92. The van der Waals surface area contributed by atoms with E-state index in [9.17, 15) is 18.3 Å². The van der Waals surface area contributed by atoms with Gasteiger partial charge in [0.2, 0.25) is 10.0 Å². The quantitative estimate of drug-likeness (QED) is 0.803. The molecule has 0 saturated heterocycles. The fourth-order valence-corrected chi connectivity index (χ4v) is 2.93. The highest BCUT2D eigenvalue weighted by Crippen LogP contribution is 2.25. The number of hydrogen-bond donors (Lipinski definition) is 2. The van der Waals surface area contributed by atoms with E-state index in [2.05, 4.69) is 4.72 Å². The number of benzene rings is 2. The number of rotatable bonds is 7. The molecule has 0 fully saturated rings. The molecule has 0 unspecified atom stereocenters. The van der Waals surface area contributed by atoms with Gasteiger partial charge >= 0.3 is 5.97 Å². The first-order valence-corrected chi connectivity index (χ1v) is 9.10. The zero-order valence-corrected chi connectivity index (χ0v) is 14.4. The van der Waals surface area contributed by atoms with Crippen LogP contribution in [0.15, 0.2) is 48.5 Å². The molecular formula is C17H20N2O4S. The van der Waals surface area contributed by atoms with Crippen molar-refractivity contribution < 1.29 is 18.3 Å². The summed E-state index contributed by atoms with van der Waals surface area (Å²) in [4.78, 5) is 13.4. The Balaban J connectivity index is 2.31. The van der Waals surface area contributed by atoms with Crippen molar-refractivity contribution in [3.05, 3.63) is 59.7 Å². The van der Waals surface area contributed by atoms with Gasteiger partial charge in [0.05, 0.1) is 17.0 Å². The number of nitrogens with one attached hydrogen (secondary N) is 1. The number of carbonyl (C=O) groups is 1. The van der Waals surface area contributed by atoms with Crippen molar-refractivity contribution in [2.75, 3.05) is 22.4 Å². The summed E-state index contributed by atoms with van der Waals surface area (Å²) >= 11 is 0. The number of hydrogen-bond acceptors (Lipinski definition) is 4. The monoisotopic (exact) mass is 348 g/mol. The summed E-state index contributed by atoms with van der Waals surface area (Å²) in [7, 11) is -1.66. The van der Waals surface area contributed by atoms with Crippen molar-refractivity contribution in [1.82, 2.24) is 0 Å². The molecule has 0 heterocycles. The first-order valence-electron chi connectivity index (χ1n) is 7.45. The summed E-state index contributed by atoms with van der Waals surface area (Å²) in [5, 5.41) is 9.46. The van der Waals surface area contributed by atoms with Crippen molar-refractivity contribution in [2.45, 2.75) is 13.5 Å². The molecule has 2 rings (SSSR count). The molecule has 0 aliphatic rings. The topological polar surface area (TPSA) is 86.7 Å². The van der Waals surface area contributed by atoms with E-state index in [0.717, 1.165) is 5.56 Å². The maximum absolute atomic E-state index is 11.6. The molecule has 0 aliphatic heterocycles. The number of nitrogens with zero attached hydrogens (tertiary/aromatic N) is 1. The van der Waals surface area contributed by atoms with E-state index in [-0.39, 0.29) is 17.0 Å². The van der Waals surface area contributed by atoms with Gasteiger partial charge in [0, 0.05) is 19.3 Å². The van der Waals surface area contributed by atoms with Gasteiger partial charge in [-0.15, -0.1) is 0 Å². The first kappa shape index (κ1) is 17.8. The van der Waals surface area contributed by atoms with E-state index >= 15 is 0 Å². The van der Waals surface area contributed by atoms with Crippen LogP contribution in [-0.2, 0) is 16.6 Å². The third kappa shape index (κ3) is 4.48. The van der Waals surface area contributed by atoms with Crippen LogP contribution in [0.25, 0.3) is 0 Å². The van der Waals surface area contributed by atoms with Gasteiger partial charge in [-0.05, 0) is 30.7 Å². The average Bonchev–Trinajstić information content (AvgIpc) is 2.55. The van der Waals surface area contributed by atoms with Crippen LogP contribution >= 0.6 is 0 Å². The van der Waals surface area contributed by atoms with E-state index in [4.69, 9.17) is 0 Å². The summed E-state index contributed by atoms with van der Waals surface area (Å²) in [6.45, 7) is 2.06. The molecule has 2 aromatic rings. The van der Waals surface area contributed by atoms with E-state index in [1.54, 1.807) is 19.2 Å². The molecule has 2 aromatic carbocycles. The largest absolute Gasteiger partial charge is 0.478 e. The smallest absolute Gasteiger partial charge is 0.337 e. The number of sulfonamides is 1. The van der Waals surface area contributed by atoms with Crippen molar-refractivity contribution >= 4 is 27.4 Å². The molecule has 7 heteroatoms. The first-order chi connectivity index (χ1) is 11.3. The maximum atomic E-state index is 11.6. The van der Waals surface area contributed by atoms with Gasteiger partial charge in [0.15, 0.2) is 0 Å². The molecule has 0 radical (unpaired) electrons. The van der Waals surface area contributed by atoms with Gasteiger partial charge in [-0.25, -0.2) is 13.2 Å². The number of carboxylic acid groups (broad SMARTS) is 1. The van der Waals surface area contributed by atoms with E-state index in [1.165, 1.54) is 13.0 Å². The Morgan fingerprint density at radius 3 is 2.42 bits per heavy atom. The second-order valence-corrected chi connectivity index (χ2v) is 7.40. The molecule has 2 N–H and O–H groups in total. The normalized spacial score (nSPS) is 11.1. The third-order valence-corrected chi connectivity index (χ3v) is 4.86. The van der Waals surface area contributed by atoms with Crippen LogP contribution in [-0.4, -0.2) is 32.3 Å². The predicted molar refractivity (Wildman–Crippen MR) is 95.0 cm³/mol. The second-order valence-electron chi connectivity index (χ2n) is 5.38. The Bertz CT molecular complexity index is 820. The average molecular weight is 348 g/mol. The fourth-order valence-electron chi connectivity index (χ4n) is 2.30. The standard InChI is InChI=1S/C17H20N2O4S/c1-3-24(22,23)18-14-9-10-16(15(11-14)17(20)21)19(2)12-13-7-5-4-6-8-13/h4-11,18H,3,12H2,1-2H3,(H,20,21). The Morgan fingerprint density at radius 2 is 1.83 bits per heavy atom. The molecule has 0 aromatic heterocycles. The van der Waals surface area contributed by atoms with Gasteiger partial charge in [0.1, 0.15) is 0 Å². The minimum absolute atomic E-state index is 0.0461. The van der Waals surface area contributed by atoms with Crippen LogP contribution in [0.1, 0.15) is 22.8 Å². The number of carboxylic acids is 1. The Morgan fingerprint density at radius 1 is 1.17 bits per heavy atom. The molecule has 0 atom stereocenters. The van der Waals surface area contributed by atoms with E-state index in [0.29, 0.717) is 12.2 Å². The molecule has 0 saturated carbocycles. The van der Waals surface area contributed by atoms with Gasteiger partial charge in [-0.1, -0.05) is 30.3 Å². The summed E-state index contributed by atoms with van der Waals surface area (Å²) in [6, 6.07) is 14.2. The van der Waals surface area contributed by atoms with Gasteiger partial charge < -0.3 is 10.0 Å². The Hall–Kier alpha value is -2.54. The molecule has 0 aliphatic carbocycles. The van der Waals surface area contributed by atoms with E-state index in [1.807, 2.05) is 35.2 Å². The highest BCUT2D eigenvalue weighted by atomic mass is 32.2. The van der Waals surface area contributed by atoms with Gasteiger partial charge in [-0.2, -0.15) is 0 Å². The van der Waals surface area contributed by atoms with Crippen LogP contribution in [0.3, 0.4) is 0 Å². The van der Waals surface area contributed by atoms with Crippen LogP contribution in [0.4, 0.5) is 11.4 Å². The van der Waals surface area contributed by atoms with Crippen molar-refractivity contribution in [2.24, 2.45) is 0 Å². The summed E-state index contributed by atoms with van der Waals surface area (Å²) in [6.07, 6.45) is 0. The SMILES string of the molecule is CCS(=O)(=O)Nc1ccc(N(C)Cc2ccccc2)c(C(=O)O)c1. The van der Waals surface area contributed by atoms with Crippen molar-refractivity contribution in [3.8, 4) is 0 Å². The van der Waals surface area contributed by atoms with Crippen LogP contribution in [0, 0.1) is 0 Å². The lowest BCUT2D eigenvalue weighted by Gasteiger charge is -2.22. The zero-order valence-electron chi connectivity index (χ0n) is 13.6. The minimum atomic E-state index is -3.45. The Labute approximate surface area is 141 Å². The lowest BCUT2D eigenvalue weighted by Crippen LogP contribution is -2.20. The van der Waals surface area contributed by atoms with Crippen molar-refractivity contribution in [3.63, 3.8) is 0 Å². The van der Waals surface area contributed by atoms with E-state index < -0.39 is 16.0 Å². The molecule has 0 amide bonds. The number of aromatic carboxylic acids is 1. The minimum Gasteiger partial charge on any atom is -0.478 e. The lowest BCUT2D eigenvalue weighted by molar-refractivity contribution is 0.0697. The molecule has 6 nitrogen and oxygen atoms in total. The van der Waals surface area contributed by atoms with Crippen molar-refractivity contribution in [1.29, 1.82) is 0 Å². The van der Waals surface area contributed by atoms with Crippen LogP contribution in [0.5, 0.6) is 0 Å². The molecule has 128 valence electrons. The zero-order chi connectivity index (χ0) is 17.7. The lowest BCUT2D eigenvalue weighted by atomic mass is 10.1. The maximum Gasteiger partial charge on any atom is 0.337 e. The second kappa shape index (κ2) is 7.35. The summed E-state index contributed by atoms with van der Waals surface area (Å²) in [5.74, 6) is -1.19. The van der Waals surface area contributed by atoms with Gasteiger partial charge in [-0.3, -0.25) is 4.72 Å². The predicted octanol–water partition coefficient (Wildman–Crippen LogP) is 2.78. The molecule has 0 bridgehead atoms.